The fourth-order valence-electron chi connectivity index (χ4n) is 2.46. The summed E-state index contributed by atoms with van der Waals surface area (Å²) in [6.45, 7) is 0.590. The highest BCUT2D eigenvalue weighted by Crippen LogP contribution is 2.20. The molecule has 104 valence electrons. The van der Waals surface area contributed by atoms with E-state index in [1.165, 1.54) is 0 Å². The van der Waals surface area contributed by atoms with E-state index in [2.05, 4.69) is 9.97 Å². The summed E-state index contributed by atoms with van der Waals surface area (Å²) in [6.07, 6.45) is 5.04. The number of hydrogen-bond acceptors (Lipinski definition) is 4. The Bertz CT molecular complexity index is 721. The molecule has 6 heteroatoms. The van der Waals surface area contributed by atoms with E-state index in [-0.39, 0.29) is 11.2 Å². The minimum absolute atomic E-state index is 0.225. The predicted octanol–water partition coefficient (Wildman–Crippen LogP) is 0.964. The number of pyridine rings is 1. The third-order valence-electron chi connectivity index (χ3n) is 3.52. The molecule has 0 fully saturated rings. The van der Waals surface area contributed by atoms with Crippen molar-refractivity contribution < 1.29 is 0 Å². The number of thioether (sulfide) groups is 1. The van der Waals surface area contributed by atoms with Gasteiger partial charge in [0, 0.05) is 35.9 Å². The molecule has 0 spiro atoms. The summed E-state index contributed by atoms with van der Waals surface area (Å²) in [5.74, 6) is 1.66. The van der Waals surface area contributed by atoms with Crippen LogP contribution in [-0.2, 0) is 25.1 Å². The first kappa shape index (κ1) is 13.2. The summed E-state index contributed by atoms with van der Waals surface area (Å²) < 4.78 is 1.72. The molecule has 0 aromatic carbocycles. The van der Waals surface area contributed by atoms with E-state index in [1.807, 2.05) is 12.1 Å². The molecule has 0 atom stereocenters. The van der Waals surface area contributed by atoms with E-state index in [1.54, 1.807) is 28.7 Å². The second-order valence-electron chi connectivity index (χ2n) is 4.74. The Kier molecular flexibility index (Phi) is 3.73. The average molecular weight is 289 g/mol. The van der Waals surface area contributed by atoms with Gasteiger partial charge in [-0.1, -0.05) is 0 Å². The fraction of sp³-hybridized carbons (Fsp3) is 0.357. The second-order valence-corrected chi connectivity index (χ2v) is 5.85. The molecule has 1 aliphatic rings. The zero-order valence-corrected chi connectivity index (χ0v) is 11.8. The molecule has 0 radical (unpaired) electrons. The first-order chi connectivity index (χ1) is 9.75. The number of fused-ring (bicyclic) bond motifs is 1. The Labute approximate surface area is 120 Å². The summed E-state index contributed by atoms with van der Waals surface area (Å²) in [7, 11) is 0. The van der Waals surface area contributed by atoms with E-state index in [0.29, 0.717) is 12.3 Å². The van der Waals surface area contributed by atoms with Crippen molar-refractivity contribution in [2.45, 2.75) is 25.1 Å². The zero-order valence-electron chi connectivity index (χ0n) is 11.0. The van der Waals surface area contributed by atoms with Crippen LogP contribution in [0.5, 0.6) is 0 Å². The molecule has 3 rings (SSSR count). The van der Waals surface area contributed by atoms with Crippen LogP contribution in [0.2, 0.25) is 0 Å². The molecular formula is C14H15N3O2S. The maximum Gasteiger partial charge on any atom is 0.328 e. The highest BCUT2D eigenvalue weighted by Gasteiger charge is 2.18. The van der Waals surface area contributed by atoms with Gasteiger partial charge >= 0.3 is 5.69 Å². The second kappa shape index (κ2) is 5.66. The number of aromatic amines is 1. The molecule has 1 N–H and O–H groups in total. The highest BCUT2D eigenvalue weighted by molar-refractivity contribution is 7.98. The van der Waals surface area contributed by atoms with Crippen molar-refractivity contribution in [2.75, 3.05) is 5.75 Å². The molecule has 3 heterocycles. The van der Waals surface area contributed by atoms with Gasteiger partial charge in [0.05, 0.1) is 0 Å². The smallest absolute Gasteiger partial charge is 0.297 e. The molecule has 0 unspecified atom stereocenters. The van der Waals surface area contributed by atoms with Crippen LogP contribution in [0.1, 0.15) is 16.8 Å². The Morgan fingerprint density at radius 3 is 2.90 bits per heavy atom. The van der Waals surface area contributed by atoms with Crippen molar-refractivity contribution in [1.29, 1.82) is 0 Å². The maximum absolute atomic E-state index is 12.0. The van der Waals surface area contributed by atoms with Crippen LogP contribution in [0.3, 0.4) is 0 Å². The van der Waals surface area contributed by atoms with E-state index >= 15 is 0 Å². The van der Waals surface area contributed by atoms with Crippen molar-refractivity contribution >= 4 is 11.8 Å². The lowest BCUT2D eigenvalue weighted by Crippen LogP contribution is -2.37. The monoisotopic (exact) mass is 289 g/mol. The van der Waals surface area contributed by atoms with Gasteiger partial charge in [-0.25, -0.2) is 4.79 Å². The number of aryl methyl sites for hydroxylation is 1. The summed E-state index contributed by atoms with van der Waals surface area (Å²) in [5.41, 5.74) is 2.28. The molecule has 1 aliphatic heterocycles. The molecule has 5 nitrogen and oxygen atoms in total. The standard InChI is InChI=1S/C14H15N3O2S/c18-13-11-9-20-8-4-12(11)17(14(19)16-13)7-3-10-1-5-15-6-2-10/h1-2,5-6H,3-4,7-9H2,(H,16,18,19). The summed E-state index contributed by atoms with van der Waals surface area (Å²) in [4.78, 5) is 30.3. The van der Waals surface area contributed by atoms with Crippen LogP contribution in [0.25, 0.3) is 0 Å². The van der Waals surface area contributed by atoms with Crippen molar-refractivity contribution in [2.24, 2.45) is 0 Å². The van der Waals surface area contributed by atoms with Gasteiger partial charge in [-0.2, -0.15) is 11.8 Å². The number of aromatic nitrogens is 3. The summed E-state index contributed by atoms with van der Waals surface area (Å²) in [5, 5.41) is 0. The van der Waals surface area contributed by atoms with Crippen molar-refractivity contribution in [3.8, 4) is 0 Å². The van der Waals surface area contributed by atoms with E-state index in [4.69, 9.17) is 0 Å². The quantitative estimate of drug-likeness (QED) is 0.914. The number of nitrogens with one attached hydrogen (secondary N) is 1. The molecular weight excluding hydrogens is 274 g/mol. The van der Waals surface area contributed by atoms with Crippen molar-refractivity contribution in [3.63, 3.8) is 0 Å². The van der Waals surface area contributed by atoms with Crippen LogP contribution < -0.4 is 11.2 Å². The SMILES string of the molecule is O=c1[nH]c(=O)n(CCc2ccncc2)c2c1CSCC2. The van der Waals surface area contributed by atoms with Gasteiger partial charge in [-0.3, -0.25) is 19.3 Å². The topological polar surface area (TPSA) is 67.8 Å². The normalized spacial score (nSPS) is 14.0. The van der Waals surface area contributed by atoms with Crippen molar-refractivity contribution in [3.05, 3.63) is 62.2 Å². The summed E-state index contributed by atoms with van der Waals surface area (Å²) >= 11 is 1.74. The predicted molar refractivity (Wildman–Crippen MR) is 79.1 cm³/mol. The Balaban J connectivity index is 1.93. The highest BCUT2D eigenvalue weighted by atomic mass is 32.2. The molecule has 20 heavy (non-hydrogen) atoms. The van der Waals surface area contributed by atoms with Crippen LogP contribution in [0, 0.1) is 0 Å². The van der Waals surface area contributed by atoms with E-state index in [9.17, 15) is 9.59 Å². The van der Waals surface area contributed by atoms with Crippen LogP contribution in [0.15, 0.2) is 34.1 Å². The lowest BCUT2D eigenvalue weighted by Gasteiger charge is -2.19. The van der Waals surface area contributed by atoms with Crippen LogP contribution in [-0.4, -0.2) is 20.3 Å². The summed E-state index contributed by atoms with van der Waals surface area (Å²) in [6, 6.07) is 3.89. The van der Waals surface area contributed by atoms with E-state index < -0.39 is 0 Å². The molecule has 0 saturated carbocycles. The van der Waals surface area contributed by atoms with Gasteiger partial charge in [0.15, 0.2) is 0 Å². The minimum Gasteiger partial charge on any atom is -0.297 e. The minimum atomic E-state index is -0.297. The zero-order chi connectivity index (χ0) is 13.9. The van der Waals surface area contributed by atoms with E-state index in [0.717, 1.165) is 35.4 Å². The number of rotatable bonds is 3. The molecule has 2 aromatic heterocycles. The van der Waals surface area contributed by atoms with Gasteiger partial charge in [0.2, 0.25) is 0 Å². The van der Waals surface area contributed by atoms with Gasteiger partial charge in [-0.15, -0.1) is 0 Å². The average Bonchev–Trinajstić information content (AvgIpc) is 2.48. The lowest BCUT2D eigenvalue weighted by atomic mass is 10.1. The first-order valence-electron chi connectivity index (χ1n) is 6.57. The number of H-pyrrole nitrogens is 1. The molecule has 0 saturated heterocycles. The largest absolute Gasteiger partial charge is 0.328 e. The first-order valence-corrected chi connectivity index (χ1v) is 7.72. The Morgan fingerprint density at radius 2 is 2.10 bits per heavy atom. The number of hydrogen-bond donors (Lipinski definition) is 1. The van der Waals surface area contributed by atoms with Crippen molar-refractivity contribution in [1.82, 2.24) is 14.5 Å². The molecule has 0 amide bonds. The van der Waals surface area contributed by atoms with Gasteiger partial charge in [0.1, 0.15) is 0 Å². The number of nitrogens with zero attached hydrogens (tertiary/aromatic N) is 2. The third-order valence-corrected chi connectivity index (χ3v) is 4.50. The third kappa shape index (κ3) is 2.56. The van der Waals surface area contributed by atoms with Gasteiger partial charge in [-0.05, 0) is 36.3 Å². The Hall–Kier alpha value is -1.82. The molecule has 2 aromatic rings. The fourth-order valence-corrected chi connectivity index (χ4v) is 3.45. The van der Waals surface area contributed by atoms with Crippen LogP contribution in [0.4, 0.5) is 0 Å². The Morgan fingerprint density at radius 1 is 1.30 bits per heavy atom. The van der Waals surface area contributed by atoms with Gasteiger partial charge in [0.25, 0.3) is 5.56 Å². The van der Waals surface area contributed by atoms with Gasteiger partial charge < -0.3 is 0 Å². The lowest BCUT2D eigenvalue weighted by molar-refractivity contribution is 0.604. The molecule has 0 aliphatic carbocycles. The molecule has 0 bridgehead atoms. The van der Waals surface area contributed by atoms with Crippen LogP contribution >= 0.6 is 11.8 Å². The maximum atomic E-state index is 12.0.